The first-order chi connectivity index (χ1) is 9.66. The summed E-state index contributed by atoms with van der Waals surface area (Å²) < 4.78 is 0.987. The molecular weight excluding hydrogens is 315 g/mol. The van der Waals surface area contributed by atoms with Gasteiger partial charge in [-0.15, -0.1) is 11.3 Å². The lowest BCUT2D eigenvalue weighted by Gasteiger charge is -2.16. The first kappa shape index (κ1) is 16.1. The number of rotatable bonds is 5. The Hall–Kier alpha value is -0.290. The van der Waals surface area contributed by atoms with Gasteiger partial charge in [-0.25, -0.2) is 0 Å². The van der Waals surface area contributed by atoms with Crippen LogP contribution < -0.4 is 10.6 Å². The highest BCUT2D eigenvalue weighted by Crippen LogP contribution is 2.30. The molecule has 0 bridgehead atoms. The van der Waals surface area contributed by atoms with E-state index in [0.29, 0.717) is 26.8 Å². The van der Waals surface area contributed by atoms with Gasteiger partial charge in [0.15, 0.2) is 0 Å². The van der Waals surface area contributed by atoms with E-state index in [9.17, 15) is 4.79 Å². The molecular formula is C14H20Cl2N2OS. The third kappa shape index (κ3) is 4.92. The SMILES string of the molecule is O=C(NCCNC1CCCCCC1)c1cc(Cl)sc1Cl. The average Bonchev–Trinajstić information content (AvgIpc) is 2.64. The summed E-state index contributed by atoms with van der Waals surface area (Å²) in [5.74, 6) is -0.152. The molecule has 1 fully saturated rings. The molecule has 0 saturated heterocycles. The molecule has 1 amide bonds. The Bertz CT molecular complexity index is 442. The lowest BCUT2D eigenvalue weighted by molar-refractivity contribution is 0.0954. The summed E-state index contributed by atoms with van der Waals surface area (Å²) in [6.07, 6.45) is 7.83. The van der Waals surface area contributed by atoms with Gasteiger partial charge in [0.25, 0.3) is 5.91 Å². The molecule has 1 heterocycles. The summed E-state index contributed by atoms with van der Waals surface area (Å²) in [4.78, 5) is 11.9. The number of hydrogen-bond donors (Lipinski definition) is 2. The van der Waals surface area contributed by atoms with Crippen molar-refractivity contribution < 1.29 is 4.79 Å². The van der Waals surface area contributed by atoms with Crippen molar-refractivity contribution >= 4 is 40.4 Å². The number of carbonyl (C=O) groups is 1. The van der Waals surface area contributed by atoms with Crippen LogP contribution in [0.25, 0.3) is 0 Å². The van der Waals surface area contributed by atoms with Crippen molar-refractivity contribution in [3.63, 3.8) is 0 Å². The molecule has 0 aliphatic heterocycles. The Morgan fingerprint density at radius 3 is 2.50 bits per heavy atom. The van der Waals surface area contributed by atoms with Crippen molar-refractivity contribution in [1.82, 2.24) is 10.6 Å². The summed E-state index contributed by atoms with van der Waals surface area (Å²) in [6, 6.07) is 2.22. The second-order valence-corrected chi connectivity index (χ2v) is 7.42. The maximum atomic E-state index is 11.9. The number of hydrogen-bond acceptors (Lipinski definition) is 3. The van der Waals surface area contributed by atoms with Crippen LogP contribution in [0.1, 0.15) is 48.9 Å². The second kappa shape index (κ2) is 8.23. The van der Waals surface area contributed by atoms with Crippen LogP contribution in [0.15, 0.2) is 6.07 Å². The molecule has 1 aromatic rings. The minimum atomic E-state index is -0.152. The van der Waals surface area contributed by atoms with Gasteiger partial charge in [0, 0.05) is 19.1 Å². The van der Waals surface area contributed by atoms with E-state index in [1.807, 2.05) is 0 Å². The van der Waals surface area contributed by atoms with Crippen molar-refractivity contribution in [3.05, 3.63) is 20.3 Å². The van der Waals surface area contributed by atoms with Crippen molar-refractivity contribution in [2.75, 3.05) is 13.1 Å². The molecule has 1 aromatic heterocycles. The van der Waals surface area contributed by atoms with Crippen LogP contribution in [0.2, 0.25) is 8.67 Å². The van der Waals surface area contributed by atoms with Crippen molar-refractivity contribution in [2.24, 2.45) is 0 Å². The molecule has 3 nitrogen and oxygen atoms in total. The quantitative estimate of drug-likeness (QED) is 0.628. The summed E-state index contributed by atoms with van der Waals surface area (Å²) in [5.41, 5.74) is 0.469. The number of nitrogens with one attached hydrogen (secondary N) is 2. The monoisotopic (exact) mass is 334 g/mol. The normalized spacial score (nSPS) is 16.9. The summed E-state index contributed by atoms with van der Waals surface area (Å²) in [6.45, 7) is 1.41. The molecule has 2 rings (SSSR count). The third-order valence-electron chi connectivity index (χ3n) is 3.60. The predicted octanol–water partition coefficient (Wildman–Crippen LogP) is 4.10. The molecule has 0 unspecified atom stereocenters. The van der Waals surface area contributed by atoms with Crippen molar-refractivity contribution in [1.29, 1.82) is 0 Å². The van der Waals surface area contributed by atoms with E-state index in [1.54, 1.807) is 6.07 Å². The zero-order chi connectivity index (χ0) is 14.4. The highest BCUT2D eigenvalue weighted by Gasteiger charge is 2.14. The average molecular weight is 335 g/mol. The van der Waals surface area contributed by atoms with Gasteiger partial charge in [-0.05, 0) is 18.9 Å². The molecule has 1 saturated carbocycles. The minimum Gasteiger partial charge on any atom is -0.351 e. The number of amides is 1. The second-order valence-electron chi connectivity index (χ2n) is 5.14. The van der Waals surface area contributed by atoms with E-state index < -0.39 is 0 Å². The summed E-state index contributed by atoms with van der Waals surface area (Å²) >= 11 is 13.0. The van der Waals surface area contributed by atoms with Crippen LogP contribution in [0.3, 0.4) is 0 Å². The number of thiophene rings is 1. The number of halogens is 2. The van der Waals surface area contributed by atoms with E-state index in [4.69, 9.17) is 23.2 Å². The Kier molecular flexibility index (Phi) is 6.62. The molecule has 112 valence electrons. The Morgan fingerprint density at radius 1 is 1.20 bits per heavy atom. The summed E-state index contributed by atoms with van der Waals surface area (Å²) in [7, 11) is 0. The molecule has 1 aliphatic carbocycles. The summed E-state index contributed by atoms with van der Waals surface area (Å²) in [5, 5.41) is 6.39. The fraction of sp³-hybridized carbons (Fsp3) is 0.643. The van der Waals surface area contributed by atoms with Gasteiger partial charge < -0.3 is 10.6 Å². The smallest absolute Gasteiger partial charge is 0.253 e. The van der Waals surface area contributed by atoms with Gasteiger partial charge in [-0.1, -0.05) is 48.9 Å². The maximum Gasteiger partial charge on any atom is 0.253 e. The van der Waals surface area contributed by atoms with Crippen LogP contribution in [0.5, 0.6) is 0 Å². The Balaban J connectivity index is 1.67. The first-order valence-electron chi connectivity index (χ1n) is 7.13. The van der Waals surface area contributed by atoms with Crippen LogP contribution in [0.4, 0.5) is 0 Å². The van der Waals surface area contributed by atoms with Gasteiger partial charge in [-0.3, -0.25) is 4.79 Å². The fourth-order valence-corrected chi connectivity index (χ4v) is 3.98. The van der Waals surface area contributed by atoms with Gasteiger partial charge in [0.2, 0.25) is 0 Å². The van der Waals surface area contributed by atoms with Crippen molar-refractivity contribution in [3.8, 4) is 0 Å². The van der Waals surface area contributed by atoms with Gasteiger partial charge in [-0.2, -0.15) is 0 Å². The molecule has 0 radical (unpaired) electrons. The Morgan fingerprint density at radius 2 is 1.90 bits per heavy atom. The molecule has 6 heteroatoms. The molecule has 0 atom stereocenters. The molecule has 0 aromatic carbocycles. The third-order valence-corrected chi connectivity index (χ3v) is 5.09. The van der Waals surface area contributed by atoms with Gasteiger partial charge >= 0.3 is 0 Å². The van der Waals surface area contributed by atoms with Crippen molar-refractivity contribution in [2.45, 2.75) is 44.6 Å². The van der Waals surface area contributed by atoms with Crippen LogP contribution in [0, 0.1) is 0 Å². The maximum absolute atomic E-state index is 11.9. The van der Waals surface area contributed by atoms with E-state index in [1.165, 1.54) is 49.9 Å². The first-order valence-corrected chi connectivity index (χ1v) is 8.70. The highest BCUT2D eigenvalue weighted by molar-refractivity contribution is 7.20. The van der Waals surface area contributed by atoms with E-state index in [2.05, 4.69) is 10.6 Å². The zero-order valence-electron chi connectivity index (χ0n) is 11.4. The van der Waals surface area contributed by atoms with Crippen LogP contribution in [-0.4, -0.2) is 25.0 Å². The number of carbonyl (C=O) groups excluding carboxylic acids is 1. The van der Waals surface area contributed by atoms with Gasteiger partial charge in [0.1, 0.15) is 4.34 Å². The standard InChI is InChI=1S/C14H20Cl2N2OS/c15-12-9-11(13(16)20-12)14(19)18-8-7-17-10-5-3-1-2-4-6-10/h9-10,17H,1-8H2,(H,18,19). The highest BCUT2D eigenvalue weighted by atomic mass is 35.5. The zero-order valence-corrected chi connectivity index (χ0v) is 13.7. The van der Waals surface area contributed by atoms with E-state index in [0.717, 1.165) is 6.54 Å². The Labute approximate surface area is 134 Å². The minimum absolute atomic E-state index is 0.152. The predicted molar refractivity (Wildman–Crippen MR) is 86.2 cm³/mol. The molecule has 0 spiro atoms. The van der Waals surface area contributed by atoms with Gasteiger partial charge in [0.05, 0.1) is 9.90 Å². The lowest BCUT2D eigenvalue weighted by atomic mass is 10.1. The molecule has 2 N–H and O–H groups in total. The fourth-order valence-electron chi connectivity index (χ4n) is 2.53. The van der Waals surface area contributed by atoms with E-state index in [-0.39, 0.29) is 5.91 Å². The van der Waals surface area contributed by atoms with E-state index >= 15 is 0 Å². The molecule has 1 aliphatic rings. The van der Waals surface area contributed by atoms with Crippen LogP contribution in [-0.2, 0) is 0 Å². The van der Waals surface area contributed by atoms with Crippen LogP contribution >= 0.6 is 34.5 Å². The largest absolute Gasteiger partial charge is 0.351 e. The topological polar surface area (TPSA) is 41.1 Å². The molecule has 20 heavy (non-hydrogen) atoms. The lowest BCUT2D eigenvalue weighted by Crippen LogP contribution is -2.36.